The molecule has 2 bridgehead atoms. The Balaban J connectivity index is 1.90. The first-order valence-corrected chi connectivity index (χ1v) is 6.15. The largest absolute Gasteiger partial charge is 0.385 e. The molecule has 1 aromatic heterocycles. The molecule has 4 heteroatoms. The second-order valence-electron chi connectivity index (χ2n) is 5.36. The Morgan fingerprint density at radius 2 is 2.00 bits per heavy atom. The van der Waals surface area contributed by atoms with Crippen LogP contribution in [0.2, 0.25) is 0 Å². The van der Waals surface area contributed by atoms with Gasteiger partial charge >= 0.3 is 0 Å². The van der Waals surface area contributed by atoms with Crippen molar-refractivity contribution in [2.75, 3.05) is 7.05 Å². The SMILES string of the molecule is CN1C2CCC1CC(O)(c1ccc(F)nc1)C2. The van der Waals surface area contributed by atoms with Gasteiger partial charge < -0.3 is 10.0 Å². The Morgan fingerprint density at radius 1 is 1.35 bits per heavy atom. The molecule has 2 atom stereocenters. The molecule has 3 rings (SSSR count). The van der Waals surface area contributed by atoms with Gasteiger partial charge in [0, 0.05) is 23.8 Å². The van der Waals surface area contributed by atoms with Crippen LogP contribution in [0.3, 0.4) is 0 Å². The molecule has 2 unspecified atom stereocenters. The quantitative estimate of drug-likeness (QED) is 0.753. The molecule has 3 nitrogen and oxygen atoms in total. The second kappa shape index (κ2) is 3.75. The number of hydrogen-bond donors (Lipinski definition) is 1. The Labute approximate surface area is 100 Å². The zero-order valence-corrected chi connectivity index (χ0v) is 9.93. The number of pyridine rings is 1. The van der Waals surface area contributed by atoms with Crippen molar-refractivity contribution in [1.29, 1.82) is 0 Å². The molecule has 17 heavy (non-hydrogen) atoms. The zero-order valence-electron chi connectivity index (χ0n) is 9.93. The Bertz CT molecular complexity index is 406. The predicted molar refractivity (Wildman–Crippen MR) is 61.9 cm³/mol. The van der Waals surface area contributed by atoms with E-state index in [2.05, 4.69) is 16.9 Å². The van der Waals surface area contributed by atoms with E-state index in [1.807, 2.05) is 0 Å². The molecule has 1 N–H and O–H groups in total. The van der Waals surface area contributed by atoms with Gasteiger partial charge in [-0.2, -0.15) is 4.39 Å². The molecule has 0 spiro atoms. The van der Waals surface area contributed by atoms with Gasteiger partial charge in [-0.3, -0.25) is 0 Å². The number of piperidine rings is 1. The summed E-state index contributed by atoms with van der Waals surface area (Å²) in [7, 11) is 2.13. The number of halogens is 1. The summed E-state index contributed by atoms with van der Waals surface area (Å²) in [5.41, 5.74) is -0.0668. The summed E-state index contributed by atoms with van der Waals surface area (Å²) in [6, 6.07) is 3.88. The number of aliphatic hydroxyl groups is 1. The monoisotopic (exact) mass is 236 g/mol. The van der Waals surface area contributed by atoms with Crippen molar-refractivity contribution in [3.63, 3.8) is 0 Å². The molecule has 0 aliphatic carbocycles. The third kappa shape index (κ3) is 1.76. The van der Waals surface area contributed by atoms with Crippen LogP contribution in [0.4, 0.5) is 4.39 Å². The van der Waals surface area contributed by atoms with Crippen LogP contribution in [0.1, 0.15) is 31.2 Å². The van der Waals surface area contributed by atoms with Crippen molar-refractivity contribution in [2.24, 2.45) is 0 Å². The highest BCUT2D eigenvalue weighted by atomic mass is 19.1. The van der Waals surface area contributed by atoms with Crippen molar-refractivity contribution in [3.05, 3.63) is 29.8 Å². The lowest BCUT2D eigenvalue weighted by Gasteiger charge is -2.42. The predicted octanol–water partition coefficient (Wildman–Crippen LogP) is 1.66. The van der Waals surface area contributed by atoms with E-state index in [1.165, 1.54) is 12.3 Å². The fraction of sp³-hybridized carbons (Fsp3) is 0.615. The zero-order chi connectivity index (χ0) is 12.0. The highest BCUT2D eigenvalue weighted by molar-refractivity contribution is 5.21. The van der Waals surface area contributed by atoms with Gasteiger partial charge in [0.15, 0.2) is 0 Å². The second-order valence-corrected chi connectivity index (χ2v) is 5.36. The molecule has 92 valence electrons. The molecule has 0 aromatic carbocycles. The fourth-order valence-corrected chi connectivity index (χ4v) is 3.33. The first-order valence-electron chi connectivity index (χ1n) is 6.15. The van der Waals surface area contributed by atoms with Crippen LogP contribution >= 0.6 is 0 Å². The van der Waals surface area contributed by atoms with Gasteiger partial charge in [-0.05, 0) is 38.8 Å². The molecule has 1 aromatic rings. The van der Waals surface area contributed by atoms with Crippen LogP contribution in [0.25, 0.3) is 0 Å². The summed E-state index contributed by atoms with van der Waals surface area (Å²) < 4.78 is 12.8. The Kier molecular flexibility index (Phi) is 2.45. The average Bonchev–Trinajstić information content (AvgIpc) is 2.53. The van der Waals surface area contributed by atoms with Crippen molar-refractivity contribution >= 4 is 0 Å². The third-order valence-corrected chi connectivity index (χ3v) is 4.40. The molecule has 2 aliphatic heterocycles. The number of fused-ring (bicyclic) bond motifs is 2. The number of aromatic nitrogens is 1. The van der Waals surface area contributed by atoms with Crippen LogP contribution in [0, 0.1) is 5.95 Å². The number of hydrogen-bond acceptors (Lipinski definition) is 3. The lowest BCUT2D eigenvalue weighted by molar-refractivity contribution is -0.0496. The highest BCUT2D eigenvalue weighted by Gasteiger charge is 2.46. The van der Waals surface area contributed by atoms with E-state index in [9.17, 15) is 9.50 Å². The molecule has 0 radical (unpaired) electrons. The Morgan fingerprint density at radius 3 is 2.53 bits per heavy atom. The summed E-state index contributed by atoms with van der Waals surface area (Å²) in [4.78, 5) is 6.02. The van der Waals surface area contributed by atoms with Gasteiger partial charge in [-0.25, -0.2) is 4.98 Å². The third-order valence-electron chi connectivity index (χ3n) is 4.40. The number of nitrogens with zero attached hydrogens (tertiary/aromatic N) is 2. The van der Waals surface area contributed by atoms with Gasteiger partial charge in [0.25, 0.3) is 0 Å². The minimum absolute atomic E-state index is 0.448. The summed E-state index contributed by atoms with van der Waals surface area (Å²) >= 11 is 0. The standard InChI is InChI=1S/C13H17FN2O/c1-16-10-3-4-11(16)7-13(17,6-10)9-2-5-12(14)15-8-9/h2,5,8,10-11,17H,3-4,6-7H2,1H3. The first-order chi connectivity index (χ1) is 8.08. The van der Waals surface area contributed by atoms with Crippen molar-refractivity contribution in [3.8, 4) is 0 Å². The topological polar surface area (TPSA) is 36.4 Å². The van der Waals surface area contributed by atoms with E-state index in [4.69, 9.17) is 0 Å². The maximum absolute atomic E-state index is 12.8. The van der Waals surface area contributed by atoms with Gasteiger partial charge in [0.05, 0.1) is 5.60 Å². The van der Waals surface area contributed by atoms with Crippen molar-refractivity contribution in [1.82, 2.24) is 9.88 Å². The summed E-state index contributed by atoms with van der Waals surface area (Å²) in [5, 5.41) is 10.7. The van der Waals surface area contributed by atoms with Gasteiger partial charge in [-0.1, -0.05) is 6.07 Å². The van der Waals surface area contributed by atoms with E-state index in [1.54, 1.807) is 6.07 Å². The summed E-state index contributed by atoms with van der Waals surface area (Å²) in [6.45, 7) is 0. The van der Waals surface area contributed by atoms with Crippen LogP contribution in [0.5, 0.6) is 0 Å². The van der Waals surface area contributed by atoms with Gasteiger partial charge in [0.1, 0.15) is 0 Å². The maximum atomic E-state index is 12.8. The van der Waals surface area contributed by atoms with Gasteiger partial charge in [0.2, 0.25) is 5.95 Å². The number of rotatable bonds is 1. The van der Waals surface area contributed by atoms with Crippen LogP contribution in [0.15, 0.2) is 18.3 Å². The van der Waals surface area contributed by atoms with E-state index in [0.717, 1.165) is 31.2 Å². The smallest absolute Gasteiger partial charge is 0.212 e. The average molecular weight is 236 g/mol. The maximum Gasteiger partial charge on any atom is 0.212 e. The molecule has 2 aliphatic rings. The molecule has 0 amide bonds. The highest BCUT2D eigenvalue weighted by Crippen LogP contribution is 2.44. The van der Waals surface area contributed by atoms with Crippen LogP contribution in [-0.4, -0.2) is 34.1 Å². The van der Waals surface area contributed by atoms with Crippen LogP contribution in [-0.2, 0) is 5.60 Å². The van der Waals surface area contributed by atoms with Gasteiger partial charge in [-0.15, -0.1) is 0 Å². The minimum Gasteiger partial charge on any atom is -0.385 e. The lowest BCUT2D eigenvalue weighted by atomic mass is 9.81. The fourth-order valence-electron chi connectivity index (χ4n) is 3.33. The molecule has 2 saturated heterocycles. The summed E-state index contributed by atoms with van der Waals surface area (Å²) in [6.07, 6.45) is 5.23. The van der Waals surface area contributed by atoms with E-state index < -0.39 is 11.5 Å². The van der Waals surface area contributed by atoms with E-state index in [-0.39, 0.29) is 0 Å². The summed E-state index contributed by atoms with van der Waals surface area (Å²) in [5.74, 6) is -0.492. The normalized spacial score (nSPS) is 37.4. The Hall–Kier alpha value is -1.00. The van der Waals surface area contributed by atoms with Crippen LogP contribution < -0.4 is 0 Å². The molecule has 2 fully saturated rings. The first kappa shape index (κ1) is 11.1. The van der Waals surface area contributed by atoms with E-state index in [0.29, 0.717) is 12.1 Å². The lowest BCUT2D eigenvalue weighted by Crippen LogP contribution is -2.47. The molecule has 0 saturated carbocycles. The molecule has 3 heterocycles. The molecular weight excluding hydrogens is 219 g/mol. The molecular formula is C13H17FN2O. The van der Waals surface area contributed by atoms with Crippen molar-refractivity contribution < 1.29 is 9.50 Å². The minimum atomic E-state index is -0.820. The van der Waals surface area contributed by atoms with Crippen molar-refractivity contribution in [2.45, 2.75) is 43.4 Å². The van der Waals surface area contributed by atoms with E-state index >= 15 is 0 Å².